The molecule has 1 N–H and O–H groups in total. The van der Waals surface area contributed by atoms with Gasteiger partial charge in [0.1, 0.15) is 11.9 Å². The van der Waals surface area contributed by atoms with E-state index >= 15 is 0 Å². The number of aliphatic hydroxyl groups excluding tert-OH is 1. The Bertz CT molecular complexity index is 504. The van der Waals surface area contributed by atoms with Crippen molar-refractivity contribution in [2.75, 3.05) is 50.8 Å². The van der Waals surface area contributed by atoms with E-state index in [0.717, 1.165) is 32.0 Å². The van der Waals surface area contributed by atoms with Gasteiger partial charge in [-0.1, -0.05) is 13.8 Å². The van der Waals surface area contributed by atoms with Gasteiger partial charge in [-0.15, -0.1) is 0 Å². The molecule has 0 radical (unpaired) electrons. The van der Waals surface area contributed by atoms with E-state index < -0.39 is 6.10 Å². The molecule has 0 aromatic carbocycles. The third kappa shape index (κ3) is 5.79. The first-order valence-electron chi connectivity index (χ1n) is 8.17. The molecule has 1 aromatic rings. The average molecular weight is 318 g/mol. The van der Waals surface area contributed by atoms with Crippen molar-refractivity contribution in [2.24, 2.45) is 5.92 Å². The maximum Gasteiger partial charge on any atom is 0.128 e. The molecule has 126 valence electrons. The minimum atomic E-state index is -0.437. The minimum absolute atomic E-state index is 0.398. The van der Waals surface area contributed by atoms with Crippen LogP contribution >= 0.6 is 0 Å². The molecule has 0 aliphatic carbocycles. The van der Waals surface area contributed by atoms with Crippen molar-refractivity contribution in [1.29, 1.82) is 5.26 Å². The number of pyridine rings is 1. The van der Waals surface area contributed by atoms with Crippen molar-refractivity contribution < 1.29 is 9.84 Å². The first-order chi connectivity index (χ1) is 11.1. The molecule has 1 aromatic heterocycles. The van der Waals surface area contributed by atoms with E-state index in [4.69, 9.17) is 10.00 Å². The normalized spacial score (nSPS) is 17.3. The van der Waals surface area contributed by atoms with Crippen LogP contribution in [0.25, 0.3) is 0 Å². The zero-order valence-electron chi connectivity index (χ0n) is 14.0. The molecule has 0 spiro atoms. The summed E-state index contributed by atoms with van der Waals surface area (Å²) in [5.74, 6) is 1.40. The second-order valence-corrected chi connectivity index (χ2v) is 6.39. The number of hydrogen-bond donors (Lipinski definition) is 1. The summed E-state index contributed by atoms with van der Waals surface area (Å²) < 4.78 is 5.49. The van der Waals surface area contributed by atoms with E-state index in [1.54, 1.807) is 12.3 Å². The van der Waals surface area contributed by atoms with Gasteiger partial charge in [0, 0.05) is 45.5 Å². The fraction of sp³-hybridized carbons (Fsp3) is 0.647. The van der Waals surface area contributed by atoms with Crippen molar-refractivity contribution >= 4 is 5.82 Å². The highest BCUT2D eigenvalue weighted by atomic mass is 16.5. The SMILES string of the molecule is CC(C)COCC(O)CN1CCN(c2ccc(C#N)cn2)CC1. The van der Waals surface area contributed by atoms with Gasteiger partial charge >= 0.3 is 0 Å². The molecular weight excluding hydrogens is 292 g/mol. The standard InChI is InChI=1S/C17H26N4O2/c1-14(2)12-23-13-16(22)11-20-5-7-21(8-6-20)17-4-3-15(9-18)10-19-17/h3-4,10,14,16,22H,5-8,11-13H2,1-2H3. The first-order valence-corrected chi connectivity index (χ1v) is 8.17. The summed E-state index contributed by atoms with van der Waals surface area (Å²) in [5.41, 5.74) is 0.580. The summed E-state index contributed by atoms with van der Waals surface area (Å²) >= 11 is 0. The van der Waals surface area contributed by atoms with Gasteiger partial charge in [-0.2, -0.15) is 5.26 Å². The van der Waals surface area contributed by atoms with Crippen molar-refractivity contribution in [2.45, 2.75) is 20.0 Å². The fourth-order valence-electron chi connectivity index (χ4n) is 2.59. The third-order valence-electron chi connectivity index (χ3n) is 3.80. The molecule has 0 saturated carbocycles. The lowest BCUT2D eigenvalue weighted by atomic mass is 10.2. The van der Waals surface area contributed by atoms with Crippen LogP contribution in [0.4, 0.5) is 5.82 Å². The third-order valence-corrected chi connectivity index (χ3v) is 3.80. The molecule has 1 atom stereocenters. The number of aliphatic hydroxyl groups is 1. The number of nitriles is 1. The largest absolute Gasteiger partial charge is 0.389 e. The van der Waals surface area contributed by atoms with Gasteiger partial charge in [-0.3, -0.25) is 4.90 Å². The highest BCUT2D eigenvalue weighted by Gasteiger charge is 2.20. The summed E-state index contributed by atoms with van der Waals surface area (Å²) in [6.45, 7) is 9.46. The van der Waals surface area contributed by atoms with Gasteiger partial charge in [0.25, 0.3) is 0 Å². The van der Waals surface area contributed by atoms with Crippen LogP contribution < -0.4 is 4.90 Å². The highest BCUT2D eigenvalue weighted by Crippen LogP contribution is 2.14. The van der Waals surface area contributed by atoms with E-state index in [-0.39, 0.29) is 0 Å². The Morgan fingerprint density at radius 1 is 1.26 bits per heavy atom. The summed E-state index contributed by atoms with van der Waals surface area (Å²) in [6, 6.07) is 5.77. The van der Waals surface area contributed by atoms with Crippen LogP contribution in [-0.4, -0.2) is 67.0 Å². The van der Waals surface area contributed by atoms with E-state index in [9.17, 15) is 5.11 Å². The lowest BCUT2D eigenvalue weighted by molar-refractivity contribution is 0.00745. The van der Waals surface area contributed by atoms with Gasteiger partial charge in [-0.05, 0) is 18.1 Å². The van der Waals surface area contributed by atoms with Crippen LogP contribution in [0.15, 0.2) is 18.3 Å². The zero-order valence-corrected chi connectivity index (χ0v) is 14.0. The Balaban J connectivity index is 1.72. The van der Waals surface area contributed by atoms with Crippen molar-refractivity contribution in [1.82, 2.24) is 9.88 Å². The summed E-state index contributed by atoms with van der Waals surface area (Å²) in [7, 11) is 0. The van der Waals surface area contributed by atoms with E-state index in [2.05, 4.69) is 34.7 Å². The number of piperazine rings is 1. The number of hydrogen-bond acceptors (Lipinski definition) is 6. The molecule has 1 aliphatic rings. The molecule has 1 unspecified atom stereocenters. The maximum absolute atomic E-state index is 10.0. The van der Waals surface area contributed by atoms with Gasteiger partial charge in [0.15, 0.2) is 0 Å². The summed E-state index contributed by atoms with van der Waals surface area (Å²) in [5, 5.41) is 18.8. The second kappa shape index (κ2) is 8.82. The lowest BCUT2D eigenvalue weighted by Crippen LogP contribution is -2.49. The molecule has 1 fully saturated rings. The Morgan fingerprint density at radius 2 is 2.00 bits per heavy atom. The predicted molar refractivity (Wildman–Crippen MR) is 89.3 cm³/mol. The van der Waals surface area contributed by atoms with Crippen molar-refractivity contribution in [3.8, 4) is 6.07 Å². The fourth-order valence-corrected chi connectivity index (χ4v) is 2.59. The predicted octanol–water partition coefficient (Wildman–Crippen LogP) is 1.11. The molecule has 6 heteroatoms. The second-order valence-electron chi connectivity index (χ2n) is 6.39. The quantitative estimate of drug-likeness (QED) is 0.812. The summed E-state index contributed by atoms with van der Waals surface area (Å²) in [6.07, 6.45) is 1.17. The highest BCUT2D eigenvalue weighted by molar-refractivity contribution is 5.42. The monoisotopic (exact) mass is 318 g/mol. The average Bonchev–Trinajstić information content (AvgIpc) is 2.55. The molecule has 1 aliphatic heterocycles. The number of nitrogens with zero attached hydrogens (tertiary/aromatic N) is 4. The van der Waals surface area contributed by atoms with Gasteiger partial charge < -0.3 is 14.7 Å². The molecule has 2 rings (SSSR count). The Labute approximate surface area is 138 Å². The Hall–Kier alpha value is -1.68. The van der Waals surface area contributed by atoms with E-state index in [0.29, 0.717) is 31.2 Å². The minimum Gasteiger partial charge on any atom is -0.389 e. The number of aromatic nitrogens is 1. The van der Waals surface area contributed by atoms with E-state index in [1.165, 1.54) is 0 Å². The number of rotatable bonds is 7. The zero-order chi connectivity index (χ0) is 16.7. The molecule has 2 heterocycles. The molecule has 1 saturated heterocycles. The number of ether oxygens (including phenoxy) is 1. The van der Waals surface area contributed by atoms with Crippen LogP contribution in [-0.2, 0) is 4.74 Å². The van der Waals surface area contributed by atoms with Crippen LogP contribution in [0.2, 0.25) is 0 Å². The van der Waals surface area contributed by atoms with Gasteiger partial charge in [-0.25, -0.2) is 4.98 Å². The number of anilines is 1. The molecule has 6 nitrogen and oxygen atoms in total. The Morgan fingerprint density at radius 3 is 2.57 bits per heavy atom. The smallest absolute Gasteiger partial charge is 0.128 e. The topological polar surface area (TPSA) is 72.6 Å². The van der Waals surface area contributed by atoms with Crippen molar-refractivity contribution in [3.63, 3.8) is 0 Å². The van der Waals surface area contributed by atoms with Crippen LogP contribution in [0.1, 0.15) is 19.4 Å². The van der Waals surface area contributed by atoms with Crippen LogP contribution in [0.5, 0.6) is 0 Å². The van der Waals surface area contributed by atoms with Crippen molar-refractivity contribution in [3.05, 3.63) is 23.9 Å². The van der Waals surface area contributed by atoms with E-state index in [1.807, 2.05) is 6.07 Å². The molecule has 23 heavy (non-hydrogen) atoms. The molecule has 0 bridgehead atoms. The Kier molecular flexibility index (Phi) is 6.78. The number of β-amino-alcohol motifs (C(OH)–C–C–N with tert-alkyl or cyclic N) is 1. The first kappa shape index (κ1) is 17.7. The molecular formula is C17H26N4O2. The lowest BCUT2D eigenvalue weighted by Gasteiger charge is -2.36. The van der Waals surface area contributed by atoms with Crippen LogP contribution in [0, 0.1) is 17.2 Å². The maximum atomic E-state index is 10.0. The van der Waals surface area contributed by atoms with Crippen LogP contribution in [0.3, 0.4) is 0 Å². The van der Waals surface area contributed by atoms with Gasteiger partial charge in [0.2, 0.25) is 0 Å². The molecule has 0 amide bonds. The van der Waals surface area contributed by atoms with Gasteiger partial charge in [0.05, 0.1) is 18.3 Å². The summed E-state index contributed by atoms with van der Waals surface area (Å²) in [4.78, 5) is 8.79.